The first-order chi connectivity index (χ1) is 18.6. The van der Waals surface area contributed by atoms with Crippen molar-refractivity contribution >= 4 is 11.7 Å². The highest BCUT2D eigenvalue weighted by Gasteiger charge is 2.56. The lowest BCUT2D eigenvalue weighted by atomic mass is 9.70. The zero-order valence-corrected chi connectivity index (χ0v) is 23.3. The summed E-state index contributed by atoms with van der Waals surface area (Å²) in [5.74, 6) is 0.939. The van der Waals surface area contributed by atoms with Crippen LogP contribution in [0.15, 0.2) is 28.5 Å². The van der Waals surface area contributed by atoms with Crippen LogP contribution in [0.5, 0.6) is 11.5 Å². The molecule has 1 fully saturated rings. The summed E-state index contributed by atoms with van der Waals surface area (Å²) in [6.45, 7) is 5.37. The molecule has 0 aromatic heterocycles. The number of aliphatic hydroxyl groups is 1. The molecule has 1 saturated heterocycles. The molecule has 5 rings (SSSR count). The number of allylic oxidation sites excluding steroid dienone is 2. The van der Waals surface area contributed by atoms with E-state index in [1.807, 2.05) is 14.0 Å². The Bertz CT molecular complexity index is 1330. The number of nitriles is 1. The Kier molecular flexibility index (Phi) is 7.18. The number of aryl methyl sites for hydroxylation is 1. The summed E-state index contributed by atoms with van der Waals surface area (Å²) in [6.07, 6.45) is 1.23. The molecule has 10 nitrogen and oxygen atoms in total. The van der Waals surface area contributed by atoms with Crippen molar-refractivity contribution in [1.82, 2.24) is 15.1 Å². The second-order valence-corrected chi connectivity index (χ2v) is 10.9. The van der Waals surface area contributed by atoms with Gasteiger partial charge in [0.05, 0.1) is 25.3 Å². The number of rotatable bonds is 6. The predicted octanol–water partition coefficient (Wildman–Crippen LogP) is 2.47. The topological polar surface area (TPSA) is 124 Å². The molecule has 1 aliphatic carbocycles. The molecule has 1 amide bonds. The van der Waals surface area contributed by atoms with Crippen LogP contribution in [-0.2, 0) is 20.7 Å². The minimum atomic E-state index is -0.493. The van der Waals surface area contributed by atoms with E-state index in [1.165, 1.54) is 6.92 Å². The number of fused-ring (bicyclic) bond motifs is 6. The molecule has 3 aliphatic heterocycles. The zero-order chi connectivity index (χ0) is 28.2. The molecule has 10 heteroatoms. The van der Waals surface area contributed by atoms with E-state index >= 15 is 0 Å². The Morgan fingerprint density at radius 3 is 2.62 bits per heavy atom. The van der Waals surface area contributed by atoms with E-state index in [4.69, 9.17) is 14.2 Å². The second-order valence-electron chi connectivity index (χ2n) is 10.9. The van der Waals surface area contributed by atoms with Gasteiger partial charge >= 0.3 is 0 Å². The third-order valence-corrected chi connectivity index (χ3v) is 8.84. The minimum absolute atomic E-state index is 0.0142. The summed E-state index contributed by atoms with van der Waals surface area (Å²) < 4.78 is 17.2. The smallest absolute Gasteiger partial charge is 0.216 e. The number of ketones is 1. The van der Waals surface area contributed by atoms with Crippen molar-refractivity contribution in [2.24, 2.45) is 0 Å². The standard InChI is InChI=1S/C29H36N4O6/c1-14-7-17-8-20-22(11-30)33-21(26(32(20)4)25(17)29(28(14)38-6)39-13-37-5)9-19-18(23(33)12-31-16(3)34)10-24(35)15(2)27(19)36/h7,20-23,26,36H,8-10,12-13H2,1-6H3,(H,31,34)/t20-,21?,22-,23-,26?/m0/s1. The molecule has 2 N–H and O–H groups in total. The maximum absolute atomic E-state index is 12.8. The van der Waals surface area contributed by atoms with Crippen molar-refractivity contribution in [1.29, 1.82) is 5.26 Å². The summed E-state index contributed by atoms with van der Waals surface area (Å²) in [6, 6.07) is 3.20. The molecule has 0 spiro atoms. The number of piperazine rings is 1. The summed E-state index contributed by atoms with van der Waals surface area (Å²) in [7, 11) is 5.22. The summed E-state index contributed by atoms with van der Waals surface area (Å²) in [5, 5.41) is 24.6. The van der Waals surface area contributed by atoms with Gasteiger partial charge in [-0.3, -0.25) is 19.4 Å². The first-order valence-electron chi connectivity index (χ1n) is 13.2. The number of likely N-dealkylation sites (N-methyl/N-ethyl adjacent to an activating group) is 1. The molecule has 3 heterocycles. The quantitative estimate of drug-likeness (QED) is 0.528. The monoisotopic (exact) mass is 536 g/mol. The normalized spacial score (nSPS) is 28.3. The van der Waals surface area contributed by atoms with Gasteiger partial charge in [-0.05, 0) is 56.0 Å². The lowest BCUT2D eigenvalue weighted by Gasteiger charge is -2.60. The van der Waals surface area contributed by atoms with Crippen LogP contribution in [0.1, 0.15) is 49.4 Å². The van der Waals surface area contributed by atoms with Crippen molar-refractivity contribution < 1.29 is 28.9 Å². The van der Waals surface area contributed by atoms with Gasteiger partial charge in [-0.25, -0.2) is 0 Å². The maximum Gasteiger partial charge on any atom is 0.216 e. The van der Waals surface area contributed by atoms with Crippen LogP contribution in [0, 0.1) is 18.3 Å². The lowest BCUT2D eigenvalue weighted by Crippen LogP contribution is -2.70. The number of amides is 1. The number of benzene rings is 1. The maximum atomic E-state index is 12.8. The fourth-order valence-corrected chi connectivity index (χ4v) is 7.13. The fraction of sp³-hybridized carbons (Fsp3) is 0.552. The Balaban J connectivity index is 1.73. The molecule has 208 valence electrons. The number of nitrogens with zero attached hydrogens (tertiary/aromatic N) is 3. The Morgan fingerprint density at radius 1 is 1.23 bits per heavy atom. The van der Waals surface area contributed by atoms with Gasteiger partial charge < -0.3 is 24.6 Å². The van der Waals surface area contributed by atoms with Crippen LogP contribution < -0.4 is 14.8 Å². The highest BCUT2D eigenvalue weighted by Crippen LogP contribution is 2.54. The van der Waals surface area contributed by atoms with Crippen molar-refractivity contribution in [3.05, 3.63) is 45.2 Å². The van der Waals surface area contributed by atoms with Gasteiger partial charge in [0.25, 0.3) is 0 Å². The van der Waals surface area contributed by atoms with Crippen LogP contribution in [0.4, 0.5) is 0 Å². The van der Waals surface area contributed by atoms with Crippen molar-refractivity contribution in [2.45, 2.75) is 70.2 Å². The molecule has 1 aromatic carbocycles. The Morgan fingerprint density at radius 2 is 1.97 bits per heavy atom. The fourth-order valence-electron chi connectivity index (χ4n) is 7.13. The average Bonchev–Trinajstić information content (AvgIpc) is 2.89. The number of ether oxygens (including phenoxy) is 3. The first kappa shape index (κ1) is 27.2. The van der Waals surface area contributed by atoms with E-state index in [0.717, 1.165) is 27.8 Å². The summed E-state index contributed by atoms with van der Waals surface area (Å²) in [4.78, 5) is 29.3. The average molecular weight is 537 g/mol. The highest BCUT2D eigenvalue weighted by atomic mass is 16.7. The van der Waals surface area contributed by atoms with E-state index in [-0.39, 0.29) is 55.3 Å². The first-order valence-corrected chi connectivity index (χ1v) is 13.2. The van der Waals surface area contributed by atoms with E-state index in [2.05, 4.69) is 27.3 Å². The molecule has 39 heavy (non-hydrogen) atoms. The van der Waals surface area contributed by atoms with E-state index in [1.54, 1.807) is 21.1 Å². The Hall–Kier alpha value is -3.39. The number of hydrogen-bond acceptors (Lipinski definition) is 9. The molecule has 4 aliphatic rings. The number of aliphatic hydroxyl groups excluding tert-OH is 1. The molecule has 0 saturated carbocycles. The molecular weight excluding hydrogens is 500 g/mol. The summed E-state index contributed by atoms with van der Waals surface area (Å²) in [5.41, 5.74) is 4.89. The van der Waals surface area contributed by atoms with Crippen LogP contribution in [-0.4, -0.2) is 85.4 Å². The molecular formula is C29H36N4O6. The van der Waals surface area contributed by atoms with Crippen LogP contribution in [0.25, 0.3) is 0 Å². The number of carbonyl (C=O) groups excluding carboxylic acids is 2. The number of carbonyl (C=O) groups is 2. The van der Waals surface area contributed by atoms with Crippen LogP contribution >= 0.6 is 0 Å². The zero-order valence-electron chi connectivity index (χ0n) is 23.3. The second kappa shape index (κ2) is 10.3. The SMILES string of the molecule is COCOc1c(OC)c(C)cc2c1C1C3CC4=C(CC(=O)C(C)=C4O)[C@H](CNC(C)=O)N3[C@@H](C#N)[C@H](C2)N1C. The highest BCUT2D eigenvalue weighted by molar-refractivity contribution is 5.99. The van der Waals surface area contributed by atoms with E-state index in [0.29, 0.717) is 29.9 Å². The van der Waals surface area contributed by atoms with Gasteiger partial charge in [0, 0.05) is 50.2 Å². The molecule has 2 unspecified atom stereocenters. The van der Waals surface area contributed by atoms with Crippen molar-refractivity contribution in [2.75, 3.05) is 34.6 Å². The Labute approximate surface area is 228 Å². The van der Waals surface area contributed by atoms with Crippen LogP contribution in [0.2, 0.25) is 0 Å². The van der Waals surface area contributed by atoms with Gasteiger partial charge in [0.2, 0.25) is 5.91 Å². The number of methoxy groups -OCH3 is 2. The molecule has 0 radical (unpaired) electrons. The van der Waals surface area contributed by atoms with Gasteiger partial charge in [-0.15, -0.1) is 0 Å². The number of hydrogen-bond donors (Lipinski definition) is 2. The van der Waals surface area contributed by atoms with Gasteiger partial charge in [-0.1, -0.05) is 6.07 Å². The molecule has 1 aromatic rings. The van der Waals surface area contributed by atoms with E-state index < -0.39 is 12.1 Å². The molecule has 5 atom stereocenters. The number of Topliss-reactive ketones (excluding diaryl/α,β-unsaturated/α-hetero) is 1. The minimum Gasteiger partial charge on any atom is -0.507 e. The largest absolute Gasteiger partial charge is 0.507 e. The van der Waals surface area contributed by atoms with Crippen molar-refractivity contribution in [3.63, 3.8) is 0 Å². The third-order valence-electron chi connectivity index (χ3n) is 8.84. The van der Waals surface area contributed by atoms with Crippen LogP contribution in [0.3, 0.4) is 0 Å². The van der Waals surface area contributed by atoms with Crippen molar-refractivity contribution in [3.8, 4) is 17.6 Å². The summed E-state index contributed by atoms with van der Waals surface area (Å²) >= 11 is 0. The number of nitrogens with one attached hydrogen (secondary N) is 1. The predicted molar refractivity (Wildman–Crippen MR) is 142 cm³/mol. The van der Waals surface area contributed by atoms with Gasteiger partial charge in [-0.2, -0.15) is 5.26 Å². The third kappa shape index (κ3) is 4.20. The van der Waals surface area contributed by atoms with Gasteiger partial charge in [0.1, 0.15) is 11.8 Å². The lowest BCUT2D eigenvalue weighted by molar-refractivity contribution is -0.119. The molecule has 2 bridgehead atoms. The van der Waals surface area contributed by atoms with E-state index in [9.17, 15) is 20.0 Å². The van der Waals surface area contributed by atoms with Gasteiger partial charge in [0.15, 0.2) is 24.1 Å².